The molecule has 1 aliphatic rings. The molecule has 0 saturated heterocycles. The third-order valence-corrected chi connectivity index (χ3v) is 5.10. The summed E-state index contributed by atoms with van der Waals surface area (Å²) in [5.74, 6) is 2.11. The summed E-state index contributed by atoms with van der Waals surface area (Å²) >= 11 is 6.46. The molecule has 0 amide bonds. The SMILES string of the molecule is CCc1nn(C)c(CC2CC(C)CCC2CN)c1Cl. The molecule has 108 valence electrons. The highest BCUT2D eigenvalue weighted by Crippen LogP contribution is 2.36. The Morgan fingerprint density at radius 3 is 2.68 bits per heavy atom. The van der Waals surface area contributed by atoms with Crippen LogP contribution in [0.15, 0.2) is 0 Å². The summed E-state index contributed by atoms with van der Waals surface area (Å²) in [7, 11) is 2.00. The summed E-state index contributed by atoms with van der Waals surface area (Å²) in [6.07, 6.45) is 5.77. The lowest BCUT2D eigenvalue weighted by molar-refractivity contribution is 0.191. The van der Waals surface area contributed by atoms with E-state index >= 15 is 0 Å². The molecule has 1 fully saturated rings. The number of aryl methyl sites for hydroxylation is 2. The molecule has 0 radical (unpaired) electrons. The average Bonchev–Trinajstić information content (AvgIpc) is 2.66. The Morgan fingerprint density at radius 1 is 1.37 bits per heavy atom. The van der Waals surface area contributed by atoms with Crippen molar-refractivity contribution in [3.63, 3.8) is 0 Å². The second-order valence-electron chi connectivity index (χ2n) is 6.06. The van der Waals surface area contributed by atoms with Crippen molar-refractivity contribution in [3.05, 3.63) is 16.4 Å². The molecule has 3 nitrogen and oxygen atoms in total. The van der Waals surface area contributed by atoms with E-state index in [4.69, 9.17) is 17.3 Å². The van der Waals surface area contributed by atoms with Gasteiger partial charge < -0.3 is 5.73 Å². The van der Waals surface area contributed by atoms with E-state index in [2.05, 4.69) is 18.9 Å². The molecule has 3 atom stereocenters. The molecule has 0 aliphatic heterocycles. The van der Waals surface area contributed by atoms with E-state index in [-0.39, 0.29) is 0 Å². The van der Waals surface area contributed by atoms with Gasteiger partial charge in [0.25, 0.3) is 0 Å². The largest absolute Gasteiger partial charge is 0.330 e. The highest BCUT2D eigenvalue weighted by atomic mass is 35.5. The highest BCUT2D eigenvalue weighted by Gasteiger charge is 2.29. The van der Waals surface area contributed by atoms with Gasteiger partial charge in [-0.15, -0.1) is 0 Å². The van der Waals surface area contributed by atoms with Gasteiger partial charge in [-0.05, 0) is 50.0 Å². The summed E-state index contributed by atoms with van der Waals surface area (Å²) in [4.78, 5) is 0. The molecule has 3 unspecified atom stereocenters. The molecule has 0 spiro atoms. The fourth-order valence-corrected chi connectivity index (χ4v) is 3.78. The summed E-state index contributed by atoms with van der Waals surface area (Å²) in [6.45, 7) is 5.25. The lowest BCUT2D eigenvalue weighted by Crippen LogP contribution is -2.31. The number of hydrogen-bond donors (Lipinski definition) is 1. The Kier molecular flexibility index (Phi) is 4.91. The van der Waals surface area contributed by atoms with Gasteiger partial charge in [-0.1, -0.05) is 31.9 Å². The third-order valence-electron chi connectivity index (χ3n) is 4.66. The first kappa shape index (κ1) is 14.9. The molecular weight excluding hydrogens is 258 g/mol. The predicted molar refractivity (Wildman–Crippen MR) is 80.3 cm³/mol. The zero-order chi connectivity index (χ0) is 14.0. The van der Waals surface area contributed by atoms with E-state index < -0.39 is 0 Å². The number of rotatable bonds is 4. The topological polar surface area (TPSA) is 43.8 Å². The maximum Gasteiger partial charge on any atom is 0.0849 e. The average molecular weight is 284 g/mol. The van der Waals surface area contributed by atoms with Crippen LogP contribution in [0.5, 0.6) is 0 Å². The van der Waals surface area contributed by atoms with Crippen molar-refractivity contribution in [1.29, 1.82) is 0 Å². The maximum atomic E-state index is 6.46. The van der Waals surface area contributed by atoms with Crippen LogP contribution in [0.25, 0.3) is 0 Å². The first-order valence-corrected chi connectivity index (χ1v) is 7.84. The van der Waals surface area contributed by atoms with Crippen LogP contribution in [0.2, 0.25) is 5.02 Å². The van der Waals surface area contributed by atoms with Crippen molar-refractivity contribution >= 4 is 11.6 Å². The zero-order valence-electron chi connectivity index (χ0n) is 12.3. The molecule has 19 heavy (non-hydrogen) atoms. The lowest BCUT2D eigenvalue weighted by Gasteiger charge is -2.34. The van der Waals surface area contributed by atoms with Crippen molar-refractivity contribution in [3.8, 4) is 0 Å². The second kappa shape index (κ2) is 6.27. The smallest absolute Gasteiger partial charge is 0.0849 e. The Balaban J connectivity index is 2.16. The number of nitrogens with two attached hydrogens (primary N) is 1. The Morgan fingerprint density at radius 2 is 2.11 bits per heavy atom. The van der Waals surface area contributed by atoms with Crippen molar-refractivity contribution in [1.82, 2.24) is 9.78 Å². The van der Waals surface area contributed by atoms with Gasteiger partial charge in [-0.2, -0.15) is 5.10 Å². The van der Waals surface area contributed by atoms with Gasteiger partial charge in [0.05, 0.1) is 16.4 Å². The van der Waals surface area contributed by atoms with E-state index in [1.807, 2.05) is 11.7 Å². The van der Waals surface area contributed by atoms with Crippen molar-refractivity contribution in [2.24, 2.45) is 30.5 Å². The quantitative estimate of drug-likeness (QED) is 0.922. The van der Waals surface area contributed by atoms with Gasteiger partial charge in [-0.25, -0.2) is 0 Å². The minimum atomic E-state index is 0.646. The molecule has 1 saturated carbocycles. The second-order valence-corrected chi connectivity index (χ2v) is 6.44. The van der Waals surface area contributed by atoms with E-state index in [1.54, 1.807) is 0 Å². The van der Waals surface area contributed by atoms with Crippen molar-refractivity contribution < 1.29 is 0 Å². The minimum Gasteiger partial charge on any atom is -0.330 e. The zero-order valence-corrected chi connectivity index (χ0v) is 13.1. The molecule has 1 aromatic heterocycles. The predicted octanol–water partition coefficient (Wildman–Crippen LogP) is 3.19. The summed E-state index contributed by atoms with van der Waals surface area (Å²) in [5, 5.41) is 5.39. The molecular formula is C15H26ClN3. The molecule has 4 heteroatoms. The van der Waals surface area contributed by atoms with Gasteiger partial charge in [0.1, 0.15) is 0 Å². The normalized spacial score (nSPS) is 27.7. The van der Waals surface area contributed by atoms with E-state index in [9.17, 15) is 0 Å². The van der Waals surface area contributed by atoms with Crippen LogP contribution in [0.4, 0.5) is 0 Å². The number of aromatic nitrogens is 2. The molecule has 2 N–H and O–H groups in total. The van der Waals surface area contributed by atoms with Gasteiger partial charge in [-0.3, -0.25) is 4.68 Å². The van der Waals surface area contributed by atoms with Gasteiger partial charge in [0, 0.05) is 7.05 Å². The van der Waals surface area contributed by atoms with Crippen LogP contribution in [0.1, 0.15) is 44.5 Å². The van der Waals surface area contributed by atoms with E-state index in [1.165, 1.54) is 25.0 Å². The van der Waals surface area contributed by atoms with Crippen LogP contribution in [-0.4, -0.2) is 16.3 Å². The molecule has 0 aromatic carbocycles. The summed E-state index contributed by atoms with van der Waals surface area (Å²) in [5.41, 5.74) is 8.16. The monoisotopic (exact) mass is 283 g/mol. The van der Waals surface area contributed by atoms with Crippen LogP contribution < -0.4 is 5.73 Å². The van der Waals surface area contributed by atoms with Crippen LogP contribution in [-0.2, 0) is 19.9 Å². The highest BCUT2D eigenvalue weighted by molar-refractivity contribution is 6.31. The lowest BCUT2D eigenvalue weighted by atomic mass is 9.73. The molecule has 1 aromatic rings. The van der Waals surface area contributed by atoms with Crippen LogP contribution in [0, 0.1) is 17.8 Å². The van der Waals surface area contributed by atoms with Crippen LogP contribution >= 0.6 is 11.6 Å². The number of halogens is 1. The number of nitrogens with zero attached hydrogens (tertiary/aromatic N) is 2. The minimum absolute atomic E-state index is 0.646. The third kappa shape index (κ3) is 3.14. The number of hydrogen-bond acceptors (Lipinski definition) is 2. The standard InChI is InChI=1S/C15H26ClN3/c1-4-13-15(16)14(19(3)18-13)8-12-7-10(2)5-6-11(12)9-17/h10-12H,4-9,17H2,1-3H3. The molecule has 1 heterocycles. The molecule has 1 aliphatic carbocycles. The Hall–Kier alpha value is -0.540. The van der Waals surface area contributed by atoms with Gasteiger partial charge in [0.15, 0.2) is 0 Å². The summed E-state index contributed by atoms with van der Waals surface area (Å²) < 4.78 is 1.97. The Bertz CT molecular complexity index is 427. The summed E-state index contributed by atoms with van der Waals surface area (Å²) in [6, 6.07) is 0. The van der Waals surface area contributed by atoms with E-state index in [0.717, 1.165) is 36.0 Å². The van der Waals surface area contributed by atoms with Gasteiger partial charge in [0.2, 0.25) is 0 Å². The van der Waals surface area contributed by atoms with E-state index in [0.29, 0.717) is 11.8 Å². The molecule has 2 rings (SSSR count). The molecule has 0 bridgehead atoms. The fourth-order valence-electron chi connectivity index (χ4n) is 3.41. The Labute approximate surface area is 121 Å². The first-order chi connectivity index (χ1) is 9.06. The van der Waals surface area contributed by atoms with Crippen molar-refractivity contribution in [2.45, 2.75) is 46.0 Å². The maximum absolute atomic E-state index is 6.46. The van der Waals surface area contributed by atoms with Crippen LogP contribution in [0.3, 0.4) is 0 Å². The first-order valence-electron chi connectivity index (χ1n) is 7.47. The van der Waals surface area contributed by atoms with Gasteiger partial charge >= 0.3 is 0 Å². The fraction of sp³-hybridized carbons (Fsp3) is 0.800. The van der Waals surface area contributed by atoms with Crippen molar-refractivity contribution in [2.75, 3.05) is 6.54 Å².